The Kier molecular flexibility index (Phi) is 5.32. The van der Waals surface area contributed by atoms with E-state index >= 15 is 0 Å². The second-order valence-electron chi connectivity index (χ2n) is 5.11. The number of hydrogen-bond donors (Lipinski definition) is 1. The molecule has 21 heavy (non-hydrogen) atoms. The lowest BCUT2D eigenvalue weighted by Crippen LogP contribution is -2.38. The molecule has 0 saturated carbocycles. The maximum absolute atomic E-state index is 12.5. The lowest BCUT2D eigenvalue weighted by atomic mass is 10.2. The fraction of sp³-hybridized carbons (Fsp3) is 0.643. The minimum atomic E-state index is -0.913. The SMILES string of the molecule is CCn1cc(C(=O)N(CCC(=O)O)CC2CCCO2)cn1. The van der Waals surface area contributed by atoms with Crippen LogP contribution >= 0.6 is 0 Å². The summed E-state index contributed by atoms with van der Waals surface area (Å²) < 4.78 is 7.22. The van der Waals surface area contributed by atoms with Gasteiger partial charge in [0.05, 0.1) is 24.3 Å². The van der Waals surface area contributed by atoms with Crippen molar-refractivity contribution in [3.63, 3.8) is 0 Å². The van der Waals surface area contributed by atoms with Crippen LogP contribution in [0.5, 0.6) is 0 Å². The highest BCUT2D eigenvalue weighted by molar-refractivity contribution is 5.94. The Balaban J connectivity index is 2.04. The monoisotopic (exact) mass is 295 g/mol. The van der Waals surface area contributed by atoms with Crippen LogP contribution < -0.4 is 0 Å². The highest BCUT2D eigenvalue weighted by atomic mass is 16.5. The fourth-order valence-electron chi connectivity index (χ4n) is 2.37. The highest BCUT2D eigenvalue weighted by Crippen LogP contribution is 2.15. The average Bonchev–Trinajstić information content (AvgIpc) is 3.13. The van der Waals surface area contributed by atoms with Crippen molar-refractivity contribution in [1.82, 2.24) is 14.7 Å². The fourth-order valence-corrected chi connectivity index (χ4v) is 2.37. The summed E-state index contributed by atoms with van der Waals surface area (Å²) in [7, 11) is 0. The third-order valence-corrected chi connectivity index (χ3v) is 3.54. The van der Waals surface area contributed by atoms with E-state index in [2.05, 4.69) is 5.10 Å². The molecule has 1 aromatic heterocycles. The van der Waals surface area contributed by atoms with Gasteiger partial charge >= 0.3 is 5.97 Å². The van der Waals surface area contributed by atoms with E-state index in [1.807, 2.05) is 6.92 Å². The predicted octanol–water partition coefficient (Wildman–Crippen LogP) is 0.999. The molecule has 7 heteroatoms. The Hall–Kier alpha value is -1.89. The second-order valence-corrected chi connectivity index (χ2v) is 5.11. The van der Waals surface area contributed by atoms with E-state index in [0.717, 1.165) is 12.8 Å². The standard InChI is InChI=1S/C14H21N3O4/c1-2-17-9-11(8-15-17)14(20)16(6-5-13(18)19)10-12-4-3-7-21-12/h8-9,12H,2-7,10H2,1H3,(H,18,19). The maximum atomic E-state index is 12.5. The van der Waals surface area contributed by atoms with Crippen molar-refractivity contribution < 1.29 is 19.4 Å². The number of amides is 1. The number of rotatable bonds is 7. The van der Waals surface area contributed by atoms with Crippen molar-refractivity contribution in [2.75, 3.05) is 19.7 Å². The van der Waals surface area contributed by atoms with Crippen molar-refractivity contribution in [3.8, 4) is 0 Å². The molecule has 0 spiro atoms. The van der Waals surface area contributed by atoms with Gasteiger partial charge in [-0.2, -0.15) is 5.10 Å². The second kappa shape index (κ2) is 7.21. The lowest BCUT2D eigenvalue weighted by molar-refractivity contribution is -0.137. The van der Waals surface area contributed by atoms with E-state index in [-0.39, 0.29) is 25.0 Å². The number of nitrogens with zero attached hydrogens (tertiary/aromatic N) is 3. The van der Waals surface area contributed by atoms with E-state index in [4.69, 9.17) is 9.84 Å². The third-order valence-electron chi connectivity index (χ3n) is 3.54. The maximum Gasteiger partial charge on any atom is 0.305 e. The van der Waals surface area contributed by atoms with Crippen LogP contribution in [0.15, 0.2) is 12.4 Å². The molecule has 1 aromatic rings. The van der Waals surface area contributed by atoms with Gasteiger partial charge in [-0.05, 0) is 19.8 Å². The van der Waals surface area contributed by atoms with E-state index < -0.39 is 5.97 Å². The molecule has 7 nitrogen and oxygen atoms in total. The van der Waals surface area contributed by atoms with E-state index in [9.17, 15) is 9.59 Å². The zero-order valence-corrected chi connectivity index (χ0v) is 12.2. The van der Waals surface area contributed by atoms with Crippen molar-refractivity contribution in [2.24, 2.45) is 0 Å². The molecule has 1 fully saturated rings. The van der Waals surface area contributed by atoms with Gasteiger partial charge < -0.3 is 14.7 Å². The molecule has 1 aliphatic heterocycles. The largest absolute Gasteiger partial charge is 0.481 e. The van der Waals surface area contributed by atoms with Gasteiger partial charge in [0.25, 0.3) is 5.91 Å². The molecule has 116 valence electrons. The van der Waals surface area contributed by atoms with E-state index in [1.165, 1.54) is 6.20 Å². The van der Waals surface area contributed by atoms with Crippen LogP contribution in [0, 0.1) is 0 Å². The molecule has 0 aromatic carbocycles. The molecule has 1 unspecified atom stereocenters. The molecule has 1 amide bonds. The minimum absolute atomic E-state index is 0.00367. The quantitative estimate of drug-likeness (QED) is 0.811. The summed E-state index contributed by atoms with van der Waals surface area (Å²) in [5, 5.41) is 12.9. The Morgan fingerprint density at radius 3 is 2.95 bits per heavy atom. The normalized spacial score (nSPS) is 17.9. The number of aliphatic carboxylic acids is 1. The van der Waals surface area contributed by atoms with Gasteiger partial charge in [0.1, 0.15) is 0 Å². The van der Waals surface area contributed by atoms with Crippen molar-refractivity contribution in [2.45, 2.75) is 38.8 Å². The number of hydrogen-bond acceptors (Lipinski definition) is 4. The number of carboxylic acid groups (broad SMARTS) is 1. The Morgan fingerprint density at radius 1 is 1.57 bits per heavy atom. The summed E-state index contributed by atoms with van der Waals surface area (Å²) in [6.07, 6.45) is 5.04. The van der Waals surface area contributed by atoms with E-state index in [0.29, 0.717) is 25.3 Å². The molecule has 2 heterocycles. The average molecular weight is 295 g/mol. The molecule has 0 aliphatic carbocycles. The first kappa shape index (κ1) is 15.5. The van der Waals surface area contributed by atoms with Gasteiger partial charge in [-0.1, -0.05) is 0 Å². The lowest BCUT2D eigenvalue weighted by Gasteiger charge is -2.24. The van der Waals surface area contributed by atoms with Gasteiger partial charge in [-0.15, -0.1) is 0 Å². The Labute approximate surface area is 123 Å². The number of carbonyl (C=O) groups is 2. The van der Waals surface area contributed by atoms with Gasteiger partial charge in [0.2, 0.25) is 0 Å². The number of carboxylic acids is 1. The smallest absolute Gasteiger partial charge is 0.305 e. The van der Waals surface area contributed by atoms with Crippen LogP contribution in [0.25, 0.3) is 0 Å². The third kappa shape index (κ3) is 4.29. The van der Waals surface area contributed by atoms with Crippen LogP contribution in [-0.2, 0) is 16.1 Å². The molecular weight excluding hydrogens is 274 g/mol. The van der Waals surface area contributed by atoms with E-state index in [1.54, 1.807) is 15.8 Å². The molecule has 1 N–H and O–H groups in total. The van der Waals surface area contributed by atoms with Crippen LogP contribution in [0.1, 0.15) is 36.5 Å². The summed E-state index contributed by atoms with van der Waals surface area (Å²) in [6.45, 7) is 3.96. The number of carbonyl (C=O) groups excluding carboxylic acids is 1. The van der Waals surface area contributed by atoms with Crippen LogP contribution in [-0.4, -0.2) is 57.5 Å². The summed E-state index contributed by atoms with van der Waals surface area (Å²) in [5.74, 6) is -1.10. The first-order valence-electron chi connectivity index (χ1n) is 7.25. The van der Waals surface area contributed by atoms with Crippen LogP contribution in [0.4, 0.5) is 0 Å². The molecule has 1 saturated heterocycles. The molecule has 2 rings (SSSR count). The summed E-state index contributed by atoms with van der Waals surface area (Å²) in [4.78, 5) is 24.8. The van der Waals surface area contributed by atoms with Crippen molar-refractivity contribution >= 4 is 11.9 Å². The zero-order chi connectivity index (χ0) is 15.2. The van der Waals surface area contributed by atoms with Gasteiger partial charge in [-0.25, -0.2) is 0 Å². The Morgan fingerprint density at radius 2 is 2.38 bits per heavy atom. The minimum Gasteiger partial charge on any atom is -0.481 e. The molecule has 0 radical (unpaired) electrons. The summed E-state index contributed by atoms with van der Waals surface area (Å²) >= 11 is 0. The first-order valence-corrected chi connectivity index (χ1v) is 7.25. The van der Waals surface area contributed by atoms with Gasteiger partial charge in [0.15, 0.2) is 0 Å². The zero-order valence-electron chi connectivity index (χ0n) is 12.2. The number of ether oxygens (including phenoxy) is 1. The number of aryl methyl sites for hydroxylation is 1. The molecule has 1 aliphatic rings. The van der Waals surface area contributed by atoms with Gasteiger partial charge in [-0.3, -0.25) is 14.3 Å². The number of aromatic nitrogens is 2. The van der Waals surface area contributed by atoms with Crippen molar-refractivity contribution in [1.29, 1.82) is 0 Å². The molecule has 1 atom stereocenters. The first-order chi connectivity index (χ1) is 10.1. The van der Waals surface area contributed by atoms with Crippen LogP contribution in [0.2, 0.25) is 0 Å². The Bertz CT molecular complexity index is 494. The van der Waals surface area contributed by atoms with Crippen LogP contribution in [0.3, 0.4) is 0 Å². The molecule has 0 bridgehead atoms. The highest BCUT2D eigenvalue weighted by Gasteiger charge is 2.24. The van der Waals surface area contributed by atoms with Crippen molar-refractivity contribution in [3.05, 3.63) is 18.0 Å². The summed E-state index contributed by atoms with van der Waals surface area (Å²) in [5.41, 5.74) is 0.486. The summed E-state index contributed by atoms with van der Waals surface area (Å²) in [6, 6.07) is 0. The predicted molar refractivity (Wildman–Crippen MR) is 75.0 cm³/mol. The molecular formula is C14H21N3O4. The topological polar surface area (TPSA) is 84.7 Å². The van der Waals surface area contributed by atoms with Gasteiger partial charge in [0, 0.05) is 32.4 Å².